The van der Waals surface area contributed by atoms with Crippen LogP contribution in [0, 0.1) is 12.7 Å². The molecule has 26 heavy (non-hydrogen) atoms. The zero-order chi connectivity index (χ0) is 18.5. The SMILES string of the molecule is CCOC1CCCN(c2cc(C)nc(Nc3ccc(F)c(OC)c3)n2)C1. The Bertz CT molecular complexity index is 754. The lowest BCUT2D eigenvalue weighted by Gasteiger charge is -2.33. The van der Waals surface area contributed by atoms with Gasteiger partial charge in [-0.25, -0.2) is 9.37 Å². The topological polar surface area (TPSA) is 59.5 Å². The van der Waals surface area contributed by atoms with Crippen LogP contribution in [-0.2, 0) is 4.74 Å². The van der Waals surface area contributed by atoms with Crippen molar-refractivity contribution in [1.82, 2.24) is 9.97 Å². The number of ether oxygens (including phenoxy) is 2. The van der Waals surface area contributed by atoms with E-state index in [1.165, 1.54) is 13.2 Å². The first-order valence-corrected chi connectivity index (χ1v) is 8.92. The van der Waals surface area contributed by atoms with Gasteiger partial charge in [0.1, 0.15) is 5.82 Å². The van der Waals surface area contributed by atoms with Crippen molar-refractivity contribution in [3.8, 4) is 5.75 Å². The summed E-state index contributed by atoms with van der Waals surface area (Å²) < 4.78 is 24.4. The van der Waals surface area contributed by atoms with Crippen LogP contribution in [0.25, 0.3) is 0 Å². The maximum Gasteiger partial charge on any atom is 0.229 e. The molecule has 1 N–H and O–H groups in total. The molecule has 0 saturated carbocycles. The average molecular weight is 360 g/mol. The smallest absolute Gasteiger partial charge is 0.229 e. The molecule has 0 bridgehead atoms. The number of halogens is 1. The fraction of sp³-hybridized carbons (Fsp3) is 0.474. The summed E-state index contributed by atoms with van der Waals surface area (Å²) in [6, 6.07) is 6.56. The molecule has 1 unspecified atom stereocenters. The van der Waals surface area contributed by atoms with E-state index in [1.54, 1.807) is 12.1 Å². The first-order valence-electron chi connectivity index (χ1n) is 8.92. The highest BCUT2D eigenvalue weighted by molar-refractivity contribution is 5.58. The summed E-state index contributed by atoms with van der Waals surface area (Å²) >= 11 is 0. The van der Waals surface area contributed by atoms with Crippen LogP contribution in [0.5, 0.6) is 5.75 Å². The highest BCUT2D eigenvalue weighted by Gasteiger charge is 2.22. The minimum Gasteiger partial charge on any atom is -0.494 e. The van der Waals surface area contributed by atoms with E-state index in [4.69, 9.17) is 9.47 Å². The van der Waals surface area contributed by atoms with Gasteiger partial charge < -0.3 is 19.7 Å². The van der Waals surface area contributed by atoms with Crippen LogP contribution in [0.3, 0.4) is 0 Å². The van der Waals surface area contributed by atoms with Crippen LogP contribution in [0.2, 0.25) is 0 Å². The normalized spacial score (nSPS) is 17.2. The predicted octanol–water partition coefficient (Wildman–Crippen LogP) is 3.68. The van der Waals surface area contributed by atoms with E-state index in [2.05, 4.69) is 20.2 Å². The van der Waals surface area contributed by atoms with Gasteiger partial charge in [0.25, 0.3) is 0 Å². The van der Waals surface area contributed by atoms with Crippen LogP contribution >= 0.6 is 0 Å². The maximum absolute atomic E-state index is 13.6. The summed E-state index contributed by atoms with van der Waals surface area (Å²) in [5.41, 5.74) is 1.54. The molecular formula is C19H25FN4O2. The molecule has 2 heterocycles. The number of hydrogen-bond acceptors (Lipinski definition) is 6. The van der Waals surface area contributed by atoms with Crippen molar-refractivity contribution in [3.05, 3.63) is 35.8 Å². The zero-order valence-electron chi connectivity index (χ0n) is 15.5. The zero-order valence-corrected chi connectivity index (χ0v) is 15.5. The van der Waals surface area contributed by atoms with Gasteiger partial charge in [-0.3, -0.25) is 0 Å². The van der Waals surface area contributed by atoms with E-state index in [1.807, 2.05) is 19.9 Å². The number of piperidine rings is 1. The first-order chi connectivity index (χ1) is 12.6. The summed E-state index contributed by atoms with van der Waals surface area (Å²) in [6.07, 6.45) is 2.39. The number of aryl methyl sites for hydroxylation is 1. The second kappa shape index (κ2) is 8.31. The van der Waals surface area contributed by atoms with Crippen molar-refractivity contribution >= 4 is 17.5 Å². The Morgan fingerprint density at radius 2 is 2.15 bits per heavy atom. The molecule has 1 aromatic heterocycles. The van der Waals surface area contributed by atoms with Crippen LogP contribution in [0.15, 0.2) is 24.3 Å². The highest BCUT2D eigenvalue weighted by atomic mass is 19.1. The van der Waals surface area contributed by atoms with Crippen LogP contribution in [0.1, 0.15) is 25.5 Å². The first kappa shape index (κ1) is 18.4. The molecule has 0 amide bonds. The number of rotatable bonds is 6. The Morgan fingerprint density at radius 1 is 1.31 bits per heavy atom. The largest absolute Gasteiger partial charge is 0.494 e. The lowest BCUT2D eigenvalue weighted by atomic mass is 10.1. The second-order valence-corrected chi connectivity index (χ2v) is 6.33. The van der Waals surface area contributed by atoms with Crippen molar-refractivity contribution in [3.63, 3.8) is 0 Å². The standard InChI is InChI=1S/C19H25FN4O2/c1-4-26-15-6-5-9-24(12-15)18-10-13(2)21-19(23-18)22-14-7-8-16(20)17(11-14)25-3/h7-8,10-11,15H,4-6,9,12H2,1-3H3,(H,21,22,23). The number of nitrogens with one attached hydrogen (secondary N) is 1. The summed E-state index contributed by atoms with van der Waals surface area (Å²) in [6.45, 7) is 6.46. The van der Waals surface area contributed by atoms with Crippen molar-refractivity contribution < 1.29 is 13.9 Å². The molecule has 2 aromatic rings. The van der Waals surface area contributed by atoms with Crippen molar-refractivity contribution in [2.45, 2.75) is 32.8 Å². The second-order valence-electron chi connectivity index (χ2n) is 6.33. The van der Waals surface area contributed by atoms with E-state index in [-0.39, 0.29) is 11.9 Å². The molecule has 3 rings (SSSR count). The molecule has 140 valence electrons. The van der Waals surface area contributed by atoms with Gasteiger partial charge in [0, 0.05) is 43.2 Å². The Kier molecular flexibility index (Phi) is 5.88. The quantitative estimate of drug-likeness (QED) is 0.848. The van der Waals surface area contributed by atoms with Gasteiger partial charge in [-0.2, -0.15) is 4.98 Å². The minimum absolute atomic E-state index is 0.179. The molecule has 7 heteroatoms. The number of nitrogens with zero attached hydrogens (tertiary/aromatic N) is 3. The lowest BCUT2D eigenvalue weighted by Crippen LogP contribution is -2.40. The number of hydrogen-bond donors (Lipinski definition) is 1. The van der Waals surface area contributed by atoms with E-state index in [9.17, 15) is 4.39 Å². The number of methoxy groups -OCH3 is 1. The van der Waals surface area contributed by atoms with Crippen molar-refractivity contribution in [2.75, 3.05) is 37.0 Å². The molecule has 1 saturated heterocycles. The molecule has 0 aliphatic carbocycles. The third kappa shape index (κ3) is 4.40. The number of benzene rings is 1. The van der Waals surface area contributed by atoms with Gasteiger partial charge in [0.2, 0.25) is 5.95 Å². The van der Waals surface area contributed by atoms with Gasteiger partial charge in [-0.05, 0) is 38.8 Å². The molecule has 6 nitrogen and oxygen atoms in total. The fourth-order valence-corrected chi connectivity index (χ4v) is 3.15. The molecule has 1 aliphatic heterocycles. The third-order valence-corrected chi connectivity index (χ3v) is 4.35. The summed E-state index contributed by atoms with van der Waals surface area (Å²) in [4.78, 5) is 11.3. The monoisotopic (exact) mass is 360 g/mol. The van der Waals surface area contributed by atoms with Gasteiger partial charge >= 0.3 is 0 Å². The Balaban J connectivity index is 1.79. The Labute approximate surface area is 153 Å². The molecule has 1 fully saturated rings. The molecule has 1 aliphatic rings. The van der Waals surface area contributed by atoms with Crippen LogP contribution in [-0.4, -0.2) is 42.9 Å². The van der Waals surface area contributed by atoms with E-state index < -0.39 is 5.82 Å². The maximum atomic E-state index is 13.6. The minimum atomic E-state index is -0.404. The average Bonchev–Trinajstić information content (AvgIpc) is 2.63. The number of aromatic nitrogens is 2. The van der Waals surface area contributed by atoms with Gasteiger partial charge in [0.05, 0.1) is 13.2 Å². The van der Waals surface area contributed by atoms with Crippen LogP contribution < -0.4 is 15.0 Å². The molecule has 1 aromatic carbocycles. The molecule has 1 atom stereocenters. The van der Waals surface area contributed by atoms with Crippen molar-refractivity contribution in [2.24, 2.45) is 0 Å². The van der Waals surface area contributed by atoms with Gasteiger partial charge in [-0.1, -0.05) is 0 Å². The van der Waals surface area contributed by atoms with E-state index >= 15 is 0 Å². The van der Waals surface area contributed by atoms with Gasteiger partial charge in [0.15, 0.2) is 11.6 Å². The van der Waals surface area contributed by atoms with Gasteiger partial charge in [-0.15, -0.1) is 0 Å². The summed E-state index contributed by atoms with van der Waals surface area (Å²) in [5, 5.41) is 3.14. The van der Waals surface area contributed by atoms with Crippen molar-refractivity contribution in [1.29, 1.82) is 0 Å². The van der Waals surface area contributed by atoms with E-state index in [0.717, 1.165) is 44.0 Å². The predicted molar refractivity (Wildman–Crippen MR) is 99.9 cm³/mol. The van der Waals surface area contributed by atoms with E-state index in [0.29, 0.717) is 11.6 Å². The van der Waals surface area contributed by atoms with Crippen LogP contribution in [0.4, 0.5) is 21.8 Å². The Morgan fingerprint density at radius 3 is 2.92 bits per heavy atom. The number of anilines is 3. The highest BCUT2D eigenvalue weighted by Crippen LogP contribution is 2.25. The third-order valence-electron chi connectivity index (χ3n) is 4.35. The molecule has 0 spiro atoms. The summed E-state index contributed by atoms with van der Waals surface area (Å²) in [7, 11) is 1.44. The molecule has 0 radical (unpaired) electrons. The Hall–Kier alpha value is -2.41. The fourth-order valence-electron chi connectivity index (χ4n) is 3.15. The summed E-state index contributed by atoms with van der Waals surface area (Å²) in [5.74, 6) is 1.13. The molecular weight excluding hydrogens is 335 g/mol. The lowest BCUT2D eigenvalue weighted by molar-refractivity contribution is 0.0525.